The first-order chi connectivity index (χ1) is 15.5. The fourth-order valence-electron chi connectivity index (χ4n) is 2.64. The van der Waals surface area contributed by atoms with Crippen molar-refractivity contribution >= 4 is 35.3 Å². The third-order valence-corrected chi connectivity index (χ3v) is 5.28. The van der Waals surface area contributed by atoms with Crippen LogP contribution in [0.25, 0.3) is 5.69 Å². The molecule has 0 radical (unpaired) electrons. The minimum absolute atomic E-state index is 0.0150. The molecular formula is C21H22ClN5O4S. The third kappa shape index (κ3) is 6.38. The van der Waals surface area contributed by atoms with Gasteiger partial charge in [0, 0.05) is 17.8 Å². The molecule has 0 spiro atoms. The maximum atomic E-state index is 12.0. The van der Waals surface area contributed by atoms with E-state index in [4.69, 9.17) is 21.1 Å². The Morgan fingerprint density at radius 2 is 1.69 bits per heavy atom. The maximum absolute atomic E-state index is 12.0. The number of nitrogens with one attached hydrogen (secondary N) is 2. The molecule has 0 fully saturated rings. The van der Waals surface area contributed by atoms with Crippen LogP contribution in [0.1, 0.15) is 12.7 Å². The Morgan fingerprint density at radius 3 is 2.31 bits per heavy atom. The van der Waals surface area contributed by atoms with Gasteiger partial charge in [-0.1, -0.05) is 23.4 Å². The first-order valence-electron chi connectivity index (χ1n) is 9.70. The van der Waals surface area contributed by atoms with Crippen molar-refractivity contribution in [2.45, 2.75) is 18.7 Å². The number of ether oxygens (including phenoxy) is 2. The standard InChI is InChI=1S/C21H22ClN5O4S/c1-3-30-16-8-10-17(11-9-16)31-12-18-25-26-21(32-13-19(28)24-20(29)23-2)27(18)15-6-4-14(22)5-7-15/h4-11H,3,12-13H2,1-2H3,(H2,23,24,28,29). The van der Waals surface area contributed by atoms with Gasteiger partial charge in [0.25, 0.3) is 0 Å². The molecule has 0 saturated heterocycles. The highest BCUT2D eigenvalue weighted by Crippen LogP contribution is 2.25. The zero-order valence-corrected chi connectivity index (χ0v) is 19.1. The first-order valence-corrected chi connectivity index (χ1v) is 11.1. The lowest BCUT2D eigenvalue weighted by Crippen LogP contribution is -2.38. The van der Waals surface area contributed by atoms with Gasteiger partial charge in [-0.3, -0.25) is 14.7 Å². The molecule has 0 unspecified atom stereocenters. The van der Waals surface area contributed by atoms with Crippen LogP contribution in [0, 0.1) is 0 Å². The molecule has 0 atom stereocenters. The largest absolute Gasteiger partial charge is 0.494 e. The second-order valence-electron chi connectivity index (χ2n) is 6.32. The normalized spacial score (nSPS) is 10.5. The van der Waals surface area contributed by atoms with Crippen LogP contribution in [0.15, 0.2) is 53.7 Å². The van der Waals surface area contributed by atoms with Gasteiger partial charge in [0.05, 0.1) is 12.4 Å². The second-order valence-corrected chi connectivity index (χ2v) is 7.70. The summed E-state index contributed by atoms with van der Waals surface area (Å²) in [6.07, 6.45) is 0. The second kappa shape index (κ2) is 11.4. The minimum atomic E-state index is -0.570. The molecular weight excluding hydrogens is 454 g/mol. The van der Waals surface area contributed by atoms with Crippen LogP contribution in [-0.2, 0) is 11.4 Å². The quantitative estimate of drug-likeness (QED) is 0.456. The van der Waals surface area contributed by atoms with Gasteiger partial charge in [0.2, 0.25) is 5.91 Å². The molecule has 2 N–H and O–H groups in total. The molecule has 0 saturated carbocycles. The van der Waals surface area contributed by atoms with Crippen molar-refractivity contribution < 1.29 is 19.1 Å². The topological polar surface area (TPSA) is 107 Å². The van der Waals surface area contributed by atoms with E-state index < -0.39 is 11.9 Å². The number of benzene rings is 2. The molecule has 0 aliphatic rings. The first kappa shape index (κ1) is 23.4. The number of aromatic nitrogens is 3. The van der Waals surface area contributed by atoms with Gasteiger partial charge in [-0.15, -0.1) is 10.2 Å². The number of imide groups is 1. The number of carbonyl (C=O) groups excluding carboxylic acids is 2. The number of hydrogen-bond acceptors (Lipinski definition) is 7. The highest BCUT2D eigenvalue weighted by molar-refractivity contribution is 7.99. The van der Waals surface area contributed by atoms with Gasteiger partial charge in [-0.2, -0.15) is 0 Å². The van der Waals surface area contributed by atoms with Crippen LogP contribution >= 0.6 is 23.4 Å². The highest BCUT2D eigenvalue weighted by Gasteiger charge is 2.17. The molecule has 0 aliphatic carbocycles. The van der Waals surface area contributed by atoms with Crippen LogP contribution in [0.4, 0.5) is 4.79 Å². The number of hydrogen-bond donors (Lipinski definition) is 2. The van der Waals surface area contributed by atoms with Crippen molar-refractivity contribution in [3.8, 4) is 17.2 Å². The molecule has 1 aromatic heterocycles. The predicted octanol–water partition coefficient (Wildman–Crippen LogP) is 3.45. The van der Waals surface area contributed by atoms with E-state index in [9.17, 15) is 9.59 Å². The molecule has 9 nitrogen and oxygen atoms in total. The lowest BCUT2D eigenvalue weighted by atomic mass is 10.3. The summed E-state index contributed by atoms with van der Waals surface area (Å²) < 4.78 is 13.1. The fourth-order valence-corrected chi connectivity index (χ4v) is 3.54. The van der Waals surface area contributed by atoms with E-state index in [0.717, 1.165) is 23.2 Å². The van der Waals surface area contributed by atoms with Crippen molar-refractivity contribution in [3.05, 3.63) is 59.4 Å². The molecule has 0 bridgehead atoms. The average molecular weight is 476 g/mol. The Balaban J connectivity index is 1.77. The summed E-state index contributed by atoms with van der Waals surface area (Å²) in [5, 5.41) is 14.0. The molecule has 2 aromatic carbocycles. The van der Waals surface area contributed by atoms with E-state index in [1.165, 1.54) is 7.05 Å². The minimum Gasteiger partial charge on any atom is -0.494 e. The van der Waals surface area contributed by atoms with Crippen molar-refractivity contribution in [2.75, 3.05) is 19.4 Å². The highest BCUT2D eigenvalue weighted by atomic mass is 35.5. The molecule has 1 heterocycles. The SMILES string of the molecule is CCOc1ccc(OCc2nnc(SCC(=O)NC(=O)NC)n2-c2ccc(Cl)cc2)cc1. The number of amides is 3. The van der Waals surface area contributed by atoms with E-state index >= 15 is 0 Å². The van der Waals surface area contributed by atoms with Crippen LogP contribution in [0.5, 0.6) is 11.5 Å². The Kier molecular flexibility index (Phi) is 8.34. The number of carbonyl (C=O) groups is 2. The fraction of sp³-hybridized carbons (Fsp3) is 0.238. The summed E-state index contributed by atoms with van der Waals surface area (Å²) >= 11 is 7.17. The number of nitrogens with zero attached hydrogens (tertiary/aromatic N) is 3. The number of thioether (sulfide) groups is 1. The van der Waals surface area contributed by atoms with Gasteiger partial charge in [-0.25, -0.2) is 4.79 Å². The van der Waals surface area contributed by atoms with E-state index in [-0.39, 0.29) is 12.4 Å². The lowest BCUT2D eigenvalue weighted by molar-refractivity contribution is -0.117. The summed E-state index contributed by atoms with van der Waals surface area (Å²) in [5.41, 5.74) is 0.763. The van der Waals surface area contributed by atoms with E-state index in [1.807, 2.05) is 43.3 Å². The molecule has 3 rings (SSSR count). The monoisotopic (exact) mass is 475 g/mol. The average Bonchev–Trinajstić information content (AvgIpc) is 3.20. The predicted molar refractivity (Wildman–Crippen MR) is 122 cm³/mol. The maximum Gasteiger partial charge on any atom is 0.321 e. The Bertz CT molecular complexity index is 1060. The van der Waals surface area contributed by atoms with Crippen molar-refractivity contribution in [1.82, 2.24) is 25.4 Å². The van der Waals surface area contributed by atoms with Gasteiger partial charge in [-0.05, 0) is 55.5 Å². The number of rotatable bonds is 9. The molecule has 3 amide bonds. The third-order valence-electron chi connectivity index (χ3n) is 4.10. The summed E-state index contributed by atoms with van der Waals surface area (Å²) in [6.45, 7) is 2.66. The molecule has 0 aliphatic heterocycles. The van der Waals surface area contributed by atoms with Crippen molar-refractivity contribution in [2.24, 2.45) is 0 Å². The molecule has 32 heavy (non-hydrogen) atoms. The van der Waals surface area contributed by atoms with E-state index in [1.54, 1.807) is 16.7 Å². The van der Waals surface area contributed by atoms with Crippen LogP contribution in [0.3, 0.4) is 0 Å². The Morgan fingerprint density at radius 1 is 1.03 bits per heavy atom. The molecule has 3 aromatic rings. The summed E-state index contributed by atoms with van der Waals surface area (Å²) in [5.74, 6) is 1.48. The summed E-state index contributed by atoms with van der Waals surface area (Å²) in [7, 11) is 1.43. The van der Waals surface area contributed by atoms with Crippen molar-refractivity contribution in [3.63, 3.8) is 0 Å². The van der Waals surface area contributed by atoms with E-state index in [0.29, 0.717) is 28.4 Å². The number of halogens is 1. The van der Waals surface area contributed by atoms with Gasteiger partial charge >= 0.3 is 6.03 Å². The van der Waals surface area contributed by atoms with Crippen molar-refractivity contribution in [1.29, 1.82) is 0 Å². The lowest BCUT2D eigenvalue weighted by Gasteiger charge is -2.12. The van der Waals surface area contributed by atoms with Gasteiger partial charge in [0.15, 0.2) is 11.0 Å². The molecule has 168 valence electrons. The Hall–Kier alpha value is -3.24. The number of urea groups is 1. The summed E-state index contributed by atoms with van der Waals surface area (Å²) in [6, 6.07) is 13.9. The van der Waals surface area contributed by atoms with Crippen LogP contribution in [-0.4, -0.2) is 46.1 Å². The molecule has 11 heteroatoms. The zero-order valence-electron chi connectivity index (χ0n) is 17.5. The smallest absolute Gasteiger partial charge is 0.321 e. The zero-order chi connectivity index (χ0) is 22.9. The summed E-state index contributed by atoms with van der Waals surface area (Å²) in [4.78, 5) is 23.3. The van der Waals surface area contributed by atoms with Gasteiger partial charge in [0.1, 0.15) is 18.1 Å². The van der Waals surface area contributed by atoms with Gasteiger partial charge < -0.3 is 14.8 Å². The van der Waals surface area contributed by atoms with Crippen LogP contribution < -0.4 is 20.1 Å². The Labute approximate surface area is 194 Å². The van der Waals surface area contributed by atoms with Crippen LogP contribution in [0.2, 0.25) is 5.02 Å². The van der Waals surface area contributed by atoms with E-state index in [2.05, 4.69) is 20.8 Å².